The van der Waals surface area contributed by atoms with Crippen LogP contribution in [-0.4, -0.2) is 24.4 Å². The Morgan fingerprint density at radius 3 is 2.65 bits per heavy atom. The van der Waals surface area contributed by atoms with Crippen molar-refractivity contribution >= 4 is 29.5 Å². The molecule has 0 aliphatic carbocycles. The van der Waals surface area contributed by atoms with Crippen LogP contribution in [0.1, 0.15) is 16.1 Å². The number of esters is 1. The number of carbonyl (C=O) groups excluding carboxylic acids is 3. The van der Waals surface area contributed by atoms with Gasteiger partial charge in [-0.25, -0.2) is 4.79 Å². The van der Waals surface area contributed by atoms with Gasteiger partial charge in [0.25, 0.3) is 11.8 Å². The summed E-state index contributed by atoms with van der Waals surface area (Å²) in [7, 11) is 0. The third kappa shape index (κ3) is 4.85. The summed E-state index contributed by atoms with van der Waals surface area (Å²) in [4.78, 5) is 34.4. The van der Waals surface area contributed by atoms with Gasteiger partial charge in [0.1, 0.15) is 5.76 Å². The fraction of sp³-hybridized carbons (Fsp3) is 0.0625. The second-order valence-electron chi connectivity index (χ2n) is 4.41. The highest BCUT2D eigenvalue weighted by molar-refractivity contribution is 6.03. The van der Waals surface area contributed by atoms with Crippen LogP contribution in [0.2, 0.25) is 0 Å². The van der Waals surface area contributed by atoms with Crippen LogP contribution in [0.4, 0.5) is 5.69 Å². The molecule has 23 heavy (non-hydrogen) atoms. The van der Waals surface area contributed by atoms with Gasteiger partial charge in [-0.3, -0.25) is 9.59 Å². The molecule has 0 bridgehead atoms. The Bertz CT molecular complexity index is 735. The zero-order valence-corrected chi connectivity index (χ0v) is 12.0. The van der Waals surface area contributed by atoms with Crippen LogP contribution < -0.4 is 11.1 Å². The van der Waals surface area contributed by atoms with Crippen LogP contribution in [0.5, 0.6) is 0 Å². The number of anilines is 1. The molecule has 3 N–H and O–H groups in total. The molecule has 2 amide bonds. The first-order valence-corrected chi connectivity index (χ1v) is 6.63. The number of amides is 2. The fourth-order valence-corrected chi connectivity index (χ4v) is 1.71. The molecule has 0 aliphatic rings. The van der Waals surface area contributed by atoms with Crippen molar-refractivity contribution in [2.24, 2.45) is 5.73 Å². The number of nitrogens with one attached hydrogen (secondary N) is 1. The molecule has 7 nitrogen and oxygen atoms in total. The average molecular weight is 314 g/mol. The van der Waals surface area contributed by atoms with E-state index in [1.54, 1.807) is 24.3 Å². The third-order valence-electron chi connectivity index (χ3n) is 2.74. The molecule has 0 atom stereocenters. The van der Waals surface area contributed by atoms with Gasteiger partial charge in [0.2, 0.25) is 0 Å². The van der Waals surface area contributed by atoms with Crippen molar-refractivity contribution in [1.29, 1.82) is 0 Å². The molecular formula is C16H14N2O5. The van der Waals surface area contributed by atoms with Crippen LogP contribution in [0.15, 0.2) is 53.2 Å². The highest BCUT2D eigenvalue weighted by Crippen LogP contribution is 2.13. The standard InChI is InChI=1S/C16H14N2O5/c17-16(21)12-5-1-2-6-13(12)18-14(19)10-23-15(20)8-7-11-4-3-9-22-11/h1-9H,10H2,(H2,17,21)(H,18,19)/b8-7+. The number of carbonyl (C=O) groups is 3. The molecule has 1 aromatic carbocycles. The predicted molar refractivity (Wildman–Crippen MR) is 82.3 cm³/mol. The van der Waals surface area contributed by atoms with Gasteiger partial charge in [0.15, 0.2) is 6.61 Å². The second kappa shape index (κ2) is 7.60. The Labute approximate surface area is 131 Å². The van der Waals surface area contributed by atoms with Crippen molar-refractivity contribution in [3.63, 3.8) is 0 Å². The first-order valence-electron chi connectivity index (χ1n) is 6.63. The Kier molecular flexibility index (Phi) is 5.30. The van der Waals surface area contributed by atoms with Gasteiger partial charge >= 0.3 is 5.97 Å². The van der Waals surface area contributed by atoms with Gasteiger partial charge in [-0.1, -0.05) is 12.1 Å². The summed E-state index contributed by atoms with van der Waals surface area (Å²) in [5.41, 5.74) is 5.63. The molecule has 0 saturated heterocycles. The molecule has 0 unspecified atom stereocenters. The summed E-state index contributed by atoms with van der Waals surface area (Å²) in [6.07, 6.45) is 4.03. The number of benzene rings is 1. The summed E-state index contributed by atoms with van der Waals surface area (Å²) < 4.78 is 9.79. The van der Waals surface area contributed by atoms with E-state index in [1.165, 1.54) is 24.5 Å². The summed E-state index contributed by atoms with van der Waals surface area (Å²) in [6.45, 7) is -0.492. The summed E-state index contributed by atoms with van der Waals surface area (Å²) >= 11 is 0. The minimum absolute atomic E-state index is 0.171. The smallest absolute Gasteiger partial charge is 0.331 e. The Balaban J connectivity index is 1.86. The lowest BCUT2D eigenvalue weighted by atomic mass is 10.1. The minimum Gasteiger partial charge on any atom is -0.465 e. The van der Waals surface area contributed by atoms with E-state index in [2.05, 4.69) is 5.32 Å². The third-order valence-corrected chi connectivity index (χ3v) is 2.74. The molecule has 2 aromatic rings. The molecule has 0 fully saturated rings. The molecule has 0 saturated carbocycles. The van der Waals surface area contributed by atoms with E-state index in [9.17, 15) is 14.4 Å². The molecule has 1 aromatic heterocycles. The Hall–Kier alpha value is -3.35. The van der Waals surface area contributed by atoms with Gasteiger partial charge in [-0.05, 0) is 30.3 Å². The number of furan rings is 1. The molecule has 0 aliphatic heterocycles. The maximum absolute atomic E-state index is 11.7. The van der Waals surface area contributed by atoms with Crippen molar-refractivity contribution in [3.05, 3.63) is 60.1 Å². The number of hydrogen-bond acceptors (Lipinski definition) is 5. The van der Waals surface area contributed by atoms with E-state index in [1.807, 2.05) is 0 Å². The Morgan fingerprint density at radius 1 is 1.17 bits per heavy atom. The van der Waals surface area contributed by atoms with Crippen LogP contribution in [0, 0.1) is 0 Å². The topological polar surface area (TPSA) is 112 Å². The number of nitrogens with two attached hydrogens (primary N) is 1. The lowest BCUT2D eigenvalue weighted by molar-refractivity contribution is -0.142. The maximum atomic E-state index is 11.7. The average Bonchev–Trinajstić information content (AvgIpc) is 3.04. The first-order chi connectivity index (χ1) is 11.1. The van der Waals surface area contributed by atoms with Crippen LogP contribution in [-0.2, 0) is 14.3 Å². The number of para-hydroxylation sites is 1. The van der Waals surface area contributed by atoms with Crippen LogP contribution in [0.25, 0.3) is 6.08 Å². The van der Waals surface area contributed by atoms with E-state index >= 15 is 0 Å². The lowest BCUT2D eigenvalue weighted by Gasteiger charge is -2.08. The van der Waals surface area contributed by atoms with Gasteiger partial charge in [0, 0.05) is 6.08 Å². The van der Waals surface area contributed by atoms with Crippen molar-refractivity contribution in [2.45, 2.75) is 0 Å². The molecule has 1 heterocycles. The minimum atomic E-state index is -0.695. The van der Waals surface area contributed by atoms with Gasteiger partial charge in [0.05, 0.1) is 17.5 Å². The SMILES string of the molecule is NC(=O)c1ccccc1NC(=O)COC(=O)/C=C/c1ccco1. The number of ether oxygens (including phenoxy) is 1. The monoisotopic (exact) mass is 314 g/mol. The van der Waals surface area contributed by atoms with Gasteiger partial charge in [-0.15, -0.1) is 0 Å². The molecule has 0 radical (unpaired) electrons. The maximum Gasteiger partial charge on any atom is 0.331 e. The van der Waals surface area contributed by atoms with Gasteiger partial charge < -0.3 is 20.2 Å². The van der Waals surface area contributed by atoms with E-state index in [-0.39, 0.29) is 11.3 Å². The van der Waals surface area contributed by atoms with Crippen LogP contribution >= 0.6 is 0 Å². The molecule has 2 rings (SSSR count). The predicted octanol–water partition coefficient (Wildman–Crippen LogP) is 1.57. The second-order valence-corrected chi connectivity index (χ2v) is 4.41. The zero-order valence-electron chi connectivity index (χ0n) is 12.0. The van der Waals surface area contributed by atoms with Crippen molar-refractivity contribution < 1.29 is 23.5 Å². The number of rotatable bonds is 6. The summed E-state index contributed by atoms with van der Waals surface area (Å²) in [6, 6.07) is 9.61. The molecule has 118 valence electrons. The van der Waals surface area contributed by atoms with Crippen molar-refractivity contribution in [2.75, 3.05) is 11.9 Å². The molecule has 7 heteroatoms. The first kappa shape index (κ1) is 16.0. The van der Waals surface area contributed by atoms with E-state index < -0.39 is 24.4 Å². The number of hydrogen-bond donors (Lipinski definition) is 2. The molecule has 0 spiro atoms. The Morgan fingerprint density at radius 2 is 1.96 bits per heavy atom. The van der Waals surface area contributed by atoms with E-state index in [0.717, 1.165) is 6.08 Å². The largest absolute Gasteiger partial charge is 0.465 e. The zero-order chi connectivity index (χ0) is 16.7. The quantitative estimate of drug-likeness (QED) is 0.621. The summed E-state index contributed by atoms with van der Waals surface area (Å²) in [5, 5.41) is 2.46. The highest BCUT2D eigenvalue weighted by Gasteiger charge is 2.11. The fourth-order valence-electron chi connectivity index (χ4n) is 1.71. The van der Waals surface area contributed by atoms with E-state index in [0.29, 0.717) is 5.76 Å². The normalized spacial score (nSPS) is 10.4. The van der Waals surface area contributed by atoms with Crippen LogP contribution in [0.3, 0.4) is 0 Å². The van der Waals surface area contributed by atoms with E-state index in [4.69, 9.17) is 14.9 Å². The lowest BCUT2D eigenvalue weighted by Crippen LogP contribution is -2.22. The van der Waals surface area contributed by atoms with Crippen molar-refractivity contribution in [1.82, 2.24) is 0 Å². The summed E-state index contributed by atoms with van der Waals surface area (Å²) in [5.74, 6) is -1.46. The molecular weight excluding hydrogens is 300 g/mol. The van der Waals surface area contributed by atoms with Gasteiger partial charge in [-0.2, -0.15) is 0 Å². The number of primary amides is 1. The van der Waals surface area contributed by atoms with Crippen molar-refractivity contribution in [3.8, 4) is 0 Å². The highest BCUT2D eigenvalue weighted by atomic mass is 16.5.